The van der Waals surface area contributed by atoms with Crippen LogP contribution in [0.1, 0.15) is 90.4 Å². The molecule has 3 heteroatoms. The number of alkyl halides is 1. The third-order valence-corrected chi connectivity index (χ3v) is 4.14. The SMILES string of the molecule is CCCCCCCC/C=C\CCCCCCC(Cl)C(=O)O. The Balaban J connectivity index is 3.17. The summed E-state index contributed by atoms with van der Waals surface area (Å²) in [6.45, 7) is 2.25. The van der Waals surface area contributed by atoms with E-state index in [0.717, 1.165) is 19.3 Å². The molecule has 0 fully saturated rings. The van der Waals surface area contributed by atoms with Crippen molar-refractivity contribution in [1.82, 2.24) is 0 Å². The fourth-order valence-electron chi connectivity index (χ4n) is 2.34. The van der Waals surface area contributed by atoms with Gasteiger partial charge in [0.2, 0.25) is 0 Å². The van der Waals surface area contributed by atoms with Gasteiger partial charge in [0.15, 0.2) is 0 Å². The van der Waals surface area contributed by atoms with Gasteiger partial charge in [0.1, 0.15) is 5.38 Å². The zero-order chi connectivity index (χ0) is 15.8. The van der Waals surface area contributed by atoms with E-state index < -0.39 is 11.3 Å². The van der Waals surface area contributed by atoms with Crippen molar-refractivity contribution in [3.63, 3.8) is 0 Å². The smallest absolute Gasteiger partial charge is 0.321 e. The number of unbranched alkanes of at least 4 members (excludes halogenated alkanes) is 10. The van der Waals surface area contributed by atoms with E-state index in [1.165, 1.54) is 57.8 Å². The topological polar surface area (TPSA) is 37.3 Å². The first-order valence-electron chi connectivity index (χ1n) is 8.70. The van der Waals surface area contributed by atoms with E-state index in [2.05, 4.69) is 19.1 Å². The first kappa shape index (κ1) is 20.5. The summed E-state index contributed by atoms with van der Waals surface area (Å²) in [7, 11) is 0. The third kappa shape index (κ3) is 15.7. The molecule has 124 valence electrons. The van der Waals surface area contributed by atoms with Crippen LogP contribution in [0, 0.1) is 0 Å². The number of rotatable bonds is 15. The minimum Gasteiger partial charge on any atom is -0.480 e. The summed E-state index contributed by atoms with van der Waals surface area (Å²) < 4.78 is 0. The maximum Gasteiger partial charge on any atom is 0.321 e. The minimum absolute atomic E-state index is 0.588. The fourth-order valence-corrected chi connectivity index (χ4v) is 2.50. The molecule has 0 spiro atoms. The Morgan fingerprint density at radius 2 is 1.38 bits per heavy atom. The number of carboxylic acids is 1. The molecule has 2 nitrogen and oxygen atoms in total. The van der Waals surface area contributed by atoms with Crippen molar-refractivity contribution >= 4 is 17.6 Å². The molecule has 0 aromatic heterocycles. The predicted octanol–water partition coefficient (Wildman–Crippen LogP) is 6.33. The van der Waals surface area contributed by atoms with Crippen LogP contribution in [0.2, 0.25) is 0 Å². The van der Waals surface area contributed by atoms with Gasteiger partial charge in [-0.15, -0.1) is 11.6 Å². The van der Waals surface area contributed by atoms with Gasteiger partial charge in [0, 0.05) is 0 Å². The average Bonchev–Trinajstić information content (AvgIpc) is 2.47. The number of hydrogen-bond acceptors (Lipinski definition) is 1. The van der Waals surface area contributed by atoms with Gasteiger partial charge in [-0.05, 0) is 32.1 Å². The number of allylic oxidation sites excluding steroid dienone is 2. The van der Waals surface area contributed by atoms with Gasteiger partial charge in [-0.1, -0.05) is 70.4 Å². The van der Waals surface area contributed by atoms with E-state index in [1.54, 1.807) is 0 Å². The Labute approximate surface area is 136 Å². The second kappa shape index (κ2) is 15.9. The van der Waals surface area contributed by atoms with Crippen LogP contribution in [-0.4, -0.2) is 16.5 Å². The first-order valence-corrected chi connectivity index (χ1v) is 9.14. The molecule has 0 saturated carbocycles. The van der Waals surface area contributed by atoms with E-state index in [0.29, 0.717) is 6.42 Å². The van der Waals surface area contributed by atoms with E-state index >= 15 is 0 Å². The lowest BCUT2D eigenvalue weighted by atomic mass is 10.1. The van der Waals surface area contributed by atoms with E-state index in [-0.39, 0.29) is 0 Å². The van der Waals surface area contributed by atoms with Gasteiger partial charge < -0.3 is 5.11 Å². The maximum absolute atomic E-state index is 10.5. The lowest BCUT2D eigenvalue weighted by molar-refractivity contribution is -0.136. The van der Waals surface area contributed by atoms with Crippen LogP contribution in [0.25, 0.3) is 0 Å². The third-order valence-electron chi connectivity index (χ3n) is 3.74. The van der Waals surface area contributed by atoms with Crippen LogP contribution in [0.5, 0.6) is 0 Å². The van der Waals surface area contributed by atoms with Crippen molar-refractivity contribution in [2.75, 3.05) is 0 Å². The molecule has 0 saturated heterocycles. The number of hydrogen-bond donors (Lipinski definition) is 1. The molecule has 0 aliphatic carbocycles. The average molecular weight is 317 g/mol. The molecule has 0 bridgehead atoms. The summed E-state index contributed by atoms with van der Waals surface area (Å²) in [4.78, 5) is 10.5. The van der Waals surface area contributed by atoms with Crippen molar-refractivity contribution in [2.24, 2.45) is 0 Å². The molecule has 0 heterocycles. The van der Waals surface area contributed by atoms with Crippen molar-refractivity contribution in [3.05, 3.63) is 12.2 Å². The first-order chi connectivity index (χ1) is 10.2. The van der Waals surface area contributed by atoms with Crippen LogP contribution in [0.4, 0.5) is 0 Å². The zero-order valence-electron chi connectivity index (χ0n) is 13.7. The summed E-state index contributed by atoms with van der Waals surface area (Å²) in [5, 5.41) is 7.94. The molecule has 0 aromatic carbocycles. The maximum atomic E-state index is 10.5. The fraction of sp³-hybridized carbons (Fsp3) is 0.833. The Morgan fingerprint density at radius 3 is 1.90 bits per heavy atom. The largest absolute Gasteiger partial charge is 0.480 e. The van der Waals surface area contributed by atoms with Gasteiger partial charge in [-0.25, -0.2) is 0 Å². The molecule has 1 unspecified atom stereocenters. The second-order valence-electron chi connectivity index (χ2n) is 5.83. The molecule has 1 N–H and O–H groups in total. The molecule has 21 heavy (non-hydrogen) atoms. The van der Waals surface area contributed by atoms with E-state index in [1.807, 2.05) is 0 Å². The van der Waals surface area contributed by atoms with Crippen LogP contribution in [0.15, 0.2) is 12.2 Å². The molecule has 0 rings (SSSR count). The highest BCUT2D eigenvalue weighted by Gasteiger charge is 2.11. The second-order valence-corrected chi connectivity index (χ2v) is 6.35. The van der Waals surface area contributed by atoms with Crippen molar-refractivity contribution in [2.45, 2.75) is 95.8 Å². The monoisotopic (exact) mass is 316 g/mol. The molecule has 1 atom stereocenters. The summed E-state index contributed by atoms with van der Waals surface area (Å²) in [5.41, 5.74) is 0. The number of aliphatic carboxylic acids is 1. The lowest BCUT2D eigenvalue weighted by Gasteiger charge is -2.03. The van der Waals surface area contributed by atoms with Crippen molar-refractivity contribution < 1.29 is 9.90 Å². The van der Waals surface area contributed by atoms with Crippen LogP contribution >= 0.6 is 11.6 Å². The Hall–Kier alpha value is -0.500. The minimum atomic E-state index is -0.894. The van der Waals surface area contributed by atoms with Crippen molar-refractivity contribution in [1.29, 1.82) is 0 Å². The summed E-state index contributed by atoms with van der Waals surface area (Å²) in [5.74, 6) is -0.894. The van der Waals surface area contributed by atoms with E-state index in [9.17, 15) is 4.79 Å². The zero-order valence-corrected chi connectivity index (χ0v) is 14.4. The Bertz CT molecular complexity index is 264. The van der Waals surface area contributed by atoms with Crippen LogP contribution in [-0.2, 0) is 4.79 Å². The number of halogens is 1. The molecular weight excluding hydrogens is 284 g/mol. The predicted molar refractivity (Wildman–Crippen MR) is 92.1 cm³/mol. The highest BCUT2D eigenvalue weighted by atomic mass is 35.5. The Morgan fingerprint density at radius 1 is 0.905 bits per heavy atom. The van der Waals surface area contributed by atoms with E-state index in [4.69, 9.17) is 16.7 Å². The highest BCUT2D eigenvalue weighted by molar-refractivity contribution is 6.29. The summed E-state index contributed by atoms with van der Waals surface area (Å²) in [6.07, 6.45) is 20.1. The van der Waals surface area contributed by atoms with Crippen LogP contribution in [0.3, 0.4) is 0 Å². The van der Waals surface area contributed by atoms with Gasteiger partial charge in [0.25, 0.3) is 0 Å². The van der Waals surface area contributed by atoms with Gasteiger partial charge in [0.05, 0.1) is 0 Å². The quantitative estimate of drug-likeness (QED) is 0.218. The Kier molecular flexibility index (Phi) is 15.5. The summed E-state index contributed by atoms with van der Waals surface area (Å²) in [6, 6.07) is 0. The molecule has 0 radical (unpaired) electrons. The molecule has 0 aliphatic rings. The van der Waals surface area contributed by atoms with Crippen LogP contribution < -0.4 is 0 Å². The van der Waals surface area contributed by atoms with Crippen molar-refractivity contribution in [3.8, 4) is 0 Å². The standard InChI is InChI=1S/C18H33ClO2/c1-2-3-4-5-6-7-8-9-10-11-12-13-14-15-16-17(19)18(20)21/h9-10,17H,2-8,11-16H2,1H3,(H,20,21)/b10-9-. The summed E-state index contributed by atoms with van der Waals surface area (Å²) >= 11 is 5.66. The number of carboxylic acid groups (broad SMARTS) is 1. The lowest BCUT2D eigenvalue weighted by Crippen LogP contribution is -2.12. The molecule has 0 amide bonds. The van der Waals surface area contributed by atoms with Gasteiger partial charge >= 0.3 is 5.97 Å². The van der Waals surface area contributed by atoms with Gasteiger partial charge in [-0.3, -0.25) is 4.79 Å². The van der Waals surface area contributed by atoms with Gasteiger partial charge in [-0.2, -0.15) is 0 Å². The molecular formula is C18H33ClO2. The number of carbonyl (C=O) groups is 1. The normalized spacial score (nSPS) is 12.9. The molecule has 0 aromatic rings. The molecule has 0 aliphatic heterocycles. The highest BCUT2D eigenvalue weighted by Crippen LogP contribution is 2.12.